The summed E-state index contributed by atoms with van der Waals surface area (Å²) >= 11 is 0. The maximum Gasteiger partial charge on any atom is 0.416 e. The molecule has 1 amide bonds. The minimum atomic E-state index is -4.57. The number of halogens is 3. The number of amides is 1. The Bertz CT molecular complexity index is 904. The molecule has 26 heavy (non-hydrogen) atoms. The fourth-order valence-corrected chi connectivity index (χ4v) is 2.28. The van der Waals surface area contributed by atoms with E-state index < -0.39 is 34.7 Å². The van der Waals surface area contributed by atoms with Crippen LogP contribution in [0.25, 0.3) is 0 Å². The second kappa shape index (κ2) is 7.42. The van der Waals surface area contributed by atoms with Crippen molar-refractivity contribution in [3.8, 4) is 0 Å². The molecular formula is C17H15F3N2O4. The normalized spacial score (nSPS) is 11.1. The van der Waals surface area contributed by atoms with Gasteiger partial charge >= 0.3 is 12.1 Å². The highest BCUT2D eigenvalue weighted by atomic mass is 19.4. The first-order valence-corrected chi connectivity index (χ1v) is 7.50. The number of nitrogens with one attached hydrogen (secondary N) is 2. The molecule has 6 nitrogen and oxygen atoms in total. The van der Waals surface area contributed by atoms with E-state index in [0.29, 0.717) is 6.42 Å². The Balaban J connectivity index is 2.39. The van der Waals surface area contributed by atoms with Crippen molar-refractivity contribution < 1.29 is 27.5 Å². The first kappa shape index (κ1) is 19.2. The number of methoxy groups -OCH3 is 1. The van der Waals surface area contributed by atoms with E-state index >= 15 is 0 Å². The molecule has 0 unspecified atom stereocenters. The number of ether oxygens (including phenoxy) is 1. The molecule has 1 aromatic heterocycles. The number of pyridine rings is 1. The molecule has 0 aliphatic rings. The van der Waals surface area contributed by atoms with Gasteiger partial charge in [0.2, 0.25) is 0 Å². The van der Waals surface area contributed by atoms with Crippen LogP contribution >= 0.6 is 0 Å². The van der Waals surface area contributed by atoms with Crippen LogP contribution in [-0.4, -0.2) is 24.0 Å². The predicted molar refractivity (Wildman–Crippen MR) is 87.2 cm³/mol. The van der Waals surface area contributed by atoms with E-state index in [1.165, 1.54) is 6.07 Å². The molecule has 0 bridgehead atoms. The third-order valence-corrected chi connectivity index (χ3v) is 3.57. The maximum atomic E-state index is 12.7. The van der Waals surface area contributed by atoms with Gasteiger partial charge < -0.3 is 15.0 Å². The smallest absolute Gasteiger partial charge is 0.416 e. The summed E-state index contributed by atoms with van der Waals surface area (Å²) in [6.07, 6.45) is -4.26. The highest BCUT2D eigenvalue weighted by molar-refractivity contribution is 6.05. The lowest BCUT2D eigenvalue weighted by Gasteiger charge is -2.11. The number of hydrogen-bond acceptors (Lipinski definition) is 4. The third-order valence-electron chi connectivity index (χ3n) is 3.57. The van der Waals surface area contributed by atoms with Gasteiger partial charge in [-0.05, 0) is 30.7 Å². The molecule has 9 heteroatoms. The van der Waals surface area contributed by atoms with E-state index in [2.05, 4.69) is 15.0 Å². The maximum absolute atomic E-state index is 12.7. The Morgan fingerprint density at radius 2 is 1.88 bits per heavy atom. The highest BCUT2D eigenvalue weighted by Gasteiger charge is 2.30. The van der Waals surface area contributed by atoms with Crippen LogP contribution in [0.4, 0.5) is 18.9 Å². The average molecular weight is 368 g/mol. The summed E-state index contributed by atoms with van der Waals surface area (Å²) in [5, 5.41) is 2.22. The quantitative estimate of drug-likeness (QED) is 0.812. The molecule has 1 heterocycles. The molecule has 0 saturated carbocycles. The number of rotatable bonds is 4. The number of anilines is 1. The average Bonchev–Trinajstić information content (AvgIpc) is 2.60. The lowest BCUT2D eigenvalue weighted by atomic mass is 10.1. The highest BCUT2D eigenvalue weighted by Crippen LogP contribution is 2.30. The summed E-state index contributed by atoms with van der Waals surface area (Å²) in [4.78, 5) is 38.6. The lowest BCUT2D eigenvalue weighted by Crippen LogP contribution is -2.26. The van der Waals surface area contributed by atoms with E-state index in [1.54, 1.807) is 6.92 Å². The third kappa shape index (κ3) is 4.11. The number of carbonyl (C=O) groups is 2. The van der Waals surface area contributed by atoms with E-state index in [9.17, 15) is 27.6 Å². The van der Waals surface area contributed by atoms with Gasteiger partial charge in [-0.3, -0.25) is 9.59 Å². The summed E-state index contributed by atoms with van der Waals surface area (Å²) in [5.74, 6) is -1.69. The molecule has 0 atom stereocenters. The van der Waals surface area contributed by atoms with Crippen molar-refractivity contribution in [3.05, 3.63) is 63.1 Å². The molecule has 2 N–H and O–H groups in total. The molecule has 138 valence electrons. The van der Waals surface area contributed by atoms with Gasteiger partial charge in [-0.2, -0.15) is 13.2 Å². The number of aryl methyl sites for hydroxylation is 1. The molecule has 2 rings (SSSR count). The zero-order valence-electron chi connectivity index (χ0n) is 13.9. The molecule has 0 aliphatic heterocycles. The summed E-state index contributed by atoms with van der Waals surface area (Å²) in [6.45, 7) is 1.69. The van der Waals surface area contributed by atoms with Crippen LogP contribution in [0.3, 0.4) is 0 Å². The number of aromatic amines is 1. The Kier molecular flexibility index (Phi) is 5.49. The van der Waals surface area contributed by atoms with Gasteiger partial charge in [-0.1, -0.05) is 13.0 Å². The standard InChI is InChI=1S/C17H15F3N2O4/c1-3-13-11(16(25)26-2)8-12(15(24)22-13)14(23)21-10-6-4-5-9(7-10)17(18,19)20/h4-8H,3H2,1-2H3,(H,21,23)(H,22,24). The molecule has 0 spiro atoms. The van der Waals surface area contributed by atoms with Crippen molar-refractivity contribution in [2.24, 2.45) is 0 Å². The zero-order chi connectivity index (χ0) is 19.5. The van der Waals surface area contributed by atoms with Crippen molar-refractivity contribution in [2.45, 2.75) is 19.5 Å². The van der Waals surface area contributed by atoms with E-state index in [1.807, 2.05) is 0 Å². The number of hydrogen-bond donors (Lipinski definition) is 2. The van der Waals surface area contributed by atoms with Crippen molar-refractivity contribution in [1.82, 2.24) is 4.98 Å². The SMILES string of the molecule is CCc1[nH]c(=O)c(C(=O)Nc2cccc(C(F)(F)F)c2)cc1C(=O)OC. The Morgan fingerprint density at radius 3 is 2.46 bits per heavy atom. The van der Waals surface area contributed by atoms with Gasteiger partial charge in [0.1, 0.15) is 5.56 Å². The summed E-state index contributed by atoms with van der Waals surface area (Å²) in [6, 6.07) is 5.04. The summed E-state index contributed by atoms with van der Waals surface area (Å²) in [5.41, 5.74) is -1.97. The van der Waals surface area contributed by atoms with Crippen LogP contribution in [0.15, 0.2) is 35.1 Å². The monoisotopic (exact) mass is 368 g/mol. The molecule has 0 saturated heterocycles. The van der Waals surface area contributed by atoms with Crippen molar-refractivity contribution in [2.75, 3.05) is 12.4 Å². The first-order chi connectivity index (χ1) is 12.2. The van der Waals surface area contributed by atoms with Gasteiger partial charge in [0.15, 0.2) is 0 Å². The molecule has 1 aromatic carbocycles. The largest absolute Gasteiger partial charge is 0.465 e. The Labute approximate surface area is 146 Å². The Hall–Kier alpha value is -3.10. The minimum Gasteiger partial charge on any atom is -0.465 e. The fourth-order valence-electron chi connectivity index (χ4n) is 2.28. The summed E-state index contributed by atoms with van der Waals surface area (Å²) < 4.78 is 42.8. The van der Waals surface area contributed by atoms with Crippen LogP contribution in [-0.2, 0) is 17.3 Å². The van der Waals surface area contributed by atoms with Gasteiger partial charge in [0.25, 0.3) is 11.5 Å². The van der Waals surface area contributed by atoms with Gasteiger partial charge in [-0.15, -0.1) is 0 Å². The topological polar surface area (TPSA) is 88.3 Å². The summed E-state index contributed by atoms with van der Waals surface area (Å²) in [7, 11) is 1.15. The minimum absolute atomic E-state index is 0.00351. The molecule has 0 radical (unpaired) electrons. The number of esters is 1. The number of aromatic nitrogens is 1. The molecule has 0 aliphatic carbocycles. The van der Waals surface area contributed by atoms with Crippen LogP contribution < -0.4 is 10.9 Å². The van der Waals surface area contributed by atoms with Gasteiger partial charge in [-0.25, -0.2) is 4.79 Å². The second-order valence-electron chi connectivity index (χ2n) is 5.28. The van der Waals surface area contributed by atoms with E-state index in [-0.39, 0.29) is 16.9 Å². The van der Waals surface area contributed by atoms with Crippen molar-refractivity contribution >= 4 is 17.6 Å². The molecular weight excluding hydrogens is 353 g/mol. The fraction of sp³-hybridized carbons (Fsp3) is 0.235. The predicted octanol–water partition coefficient (Wildman–Crippen LogP) is 3.00. The van der Waals surface area contributed by atoms with Crippen LogP contribution in [0.2, 0.25) is 0 Å². The number of benzene rings is 1. The van der Waals surface area contributed by atoms with Gasteiger partial charge in [0, 0.05) is 11.4 Å². The first-order valence-electron chi connectivity index (χ1n) is 7.50. The van der Waals surface area contributed by atoms with Gasteiger partial charge in [0.05, 0.1) is 18.2 Å². The van der Waals surface area contributed by atoms with Crippen molar-refractivity contribution in [1.29, 1.82) is 0 Å². The lowest BCUT2D eigenvalue weighted by molar-refractivity contribution is -0.137. The zero-order valence-corrected chi connectivity index (χ0v) is 13.9. The molecule has 2 aromatic rings. The number of alkyl halides is 3. The van der Waals surface area contributed by atoms with E-state index in [0.717, 1.165) is 31.4 Å². The van der Waals surface area contributed by atoms with Crippen LogP contribution in [0.1, 0.15) is 38.9 Å². The van der Waals surface area contributed by atoms with E-state index in [4.69, 9.17) is 0 Å². The van der Waals surface area contributed by atoms with Crippen molar-refractivity contribution in [3.63, 3.8) is 0 Å². The second-order valence-corrected chi connectivity index (χ2v) is 5.28. The van der Waals surface area contributed by atoms with Crippen LogP contribution in [0, 0.1) is 0 Å². The van der Waals surface area contributed by atoms with Crippen LogP contribution in [0.5, 0.6) is 0 Å². The number of carbonyl (C=O) groups excluding carboxylic acids is 2. The Morgan fingerprint density at radius 1 is 1.19 bits per heavy atom. The molecule has 0 fully saturated rings. The number of H-pyrrole nitrogens is 1.